The van der Waals surface area contributed by atoms with Gasteiger partial charge in [0.25, 0.3) is 11.7 Å². The summed E-state index contributed by atoms with van der Waals surface area (Å²) in [6, 6.07) is 4.82. The van der Waals surface area contributed by atoms with Crippen LogP contribution in [0.5, 0.6) is 0 Å². The number of aromatic nitrogens is 1. The van der Waals surface area contributed by atoms with Crippen molar-refractivity contribution in [3.63, 3.8) is 0 Å². The van der Waals surface area contributed by atoms with Crippen LogP contribution in [0.3, 0.4) is 0 Å². The number of hydrogen-bond acceptors (Lipinski definition) is 5. The number of non-ortho nitro benzene ring substituents is 1. The first-order valence-corrected chi connectivity index (χ1v) is 5.99. The van der Waals surface area contributed by atoms with Crippen molar-refractivity contribution < 1.29 is 9.34 Å². The highest BCUT2D eigenvalue weighted by Gasteiger charge is 2.11. The number of unbranched alkanes of at least 4 members (excludes halogenated alkanes) is 2. The lowest BCUT2D eigenvalue weighted by atomic mass is 10.2. The van der Waals surface area contributed by atoms with Crippen molar-refractivity contribution in [1.82, 2.24) is 4.98 Å². The van der Waals surface area contributed by atoms with Crippen molar-refractivity contribution in [1.29, 1.82) is 0 Å². The highest BCUT2D eigenvalue weighted by atomic mass is 16.6. The predicted octanol–water partition coefficient (Wildman–Crippen LogP) is 3.34. The molecule has 6 heteroatoms. The van der Waals surface area contributed by atoms with E-state index >= 15 is 0 Å². The fraction of sp³-hybridized carbons (Fsp3) is 0.417. The fourth-order valence-corrected chi connectivity index (χ4v) is 1.67. The summed E-state index contributed by atoms with van der Waals surface area (Å²) >= 11 is 0. The minimum absolute atomic E-state index is 0.0104. The van der Waals surface area contributed by atoms with Crippen LogP contribution in [0.15, 0.2) is 22.6 Å². The summed E-state index contributed by atoms with van der Waals surface area (Å²) in [6.45, 7) is 2.93. The van der Waals surface area contributed by atoms with Crippen LogP contribution in [0.4, 0.5) is 11.7 Å². The van der Waals surface area contributed by atoms with E-state index in [1.54, 1.807) is 6.07 Å². The summed E-state index contributed by atoms with van der Waals surface area (Å²) in [4.78, 5) is 14.4. The van der Waals surface area contributed by atoms with Gasteiger partial charge in [-0.1, -0.05) is 19.8 Å². The highest BCUT2D eigenvalue weighted by molar-refractivity contribution is 5.77. The first kappa shape index (κ1) is 12.3. The number of benzene rings is 1. The van der Waals surface area contributed by atoms with Gasteiger partial charge in [-0.2, -0.15) is 4.98 Å². The van der Waals surface area contributed by atoms with Crippen LogP contribution in [0.1, 0.15) is 26.2 Å². The number of rotatable bonds is 6. The highest BCUT2D eigenvalue weighted by Crippen LogP contribution is 2.23. The van der Waals surface area contributed by atoms with Gasteiger partial charge in [-0.15, -0.1) is 0 Å². The van der Waals surface area contributed by atoms with Gasteiger partial charge in [0.15, 0.2) is 5.58 Å². The molecule has 2 aromatic rings. The van der Waals surface area contributed by atoms with E-state index in [0.717, 1.165) is 25.8 Å². The quantitative estimate of drug-likeness (QED) is 0.482. The Bertz CT molecular complexity index is 550. The Labute approximate surface area is 104 Å². The Morgan fingerprint density at radius 1 is 1.44 bits per heavy atom. The zero-order valence-electron chi connectivity index (χ0n) is 10.2. The standard InChI is InChI=1S/C12H15N3O3/c1-2-3-4-7-13-12-14-10-6-5-9(15(16)17)8-11(10)18-12/h5-6,8H,2-4,7H2,1H3,(H,13,14). The van der Waals surface area contributed by atoms with Crippen LogP contribution in [-0.4, -0.2) is 16.5 Å². The summed E-state index contributed by atoms with van der Waals surface area (Å²) < 4.78 is 5.41. The summed E-state index contributed by atoms with van der Waals surface area (Å²) in [6.07, 6.45) is 3.36. The second-order valence-electron chi connectivity index (χ2n) is 4.06. The molecule has 1 N–H and O–H groups in total. The lowest BCUT2D eigenvalue weighted by molar-refractivity contribution is -0.384. The molecule has 0 aliphatic rings. The second kappa shape index (κ2) is 5.48. The van der Waals surface area contributed by atoms with E-state index < -0.39 is 4.92 Å². The molecule has 96 valence electrons. The van der Waals surface area contributed by atoms with Crippen LogP contribution in [-0.2, 0) is 0 Å². The molecule has 0 unspecified atom stereocenters. The first-order valence-electron chi connectivity index (χ1n) is 5.99. The summed E-state index contributed by atoms with van der Waals surface area (Å²) in [5.41, 5.74) is 1.07. The number of fused-ring (bicyclic) bond motifs is 1. The molecular formula is C12H15N3O3. The van der Waals surface area contributed by atoms with Gasteiger partial charge in [0.05, 0.1) is 11.0 Å². The zero-order chi connectivity index (χ0) is 13.0. The summed E-state index contributed by atoms with van der Waals surface area (Å²) in [5.74, 6) is 0. The third kappa shape index (κ3) is 2.77. The lowest BCUT2D eigenvalue weighted by Gasteiger charge is -1.98. The number of nitrogens with one attached hydrogen (secondary N) is 1. The number of oxazole rings is 1. The summed E-state index contributed by atoms with van der Waals surface area (Å²) in [7, 11) is 0. The normalized spacial score (nSPS) is 10.7. The van der Waals surface area contributed by atoms with Crippen LogP contribution < -0.4 is 5.32 Å². The van der Waals surface area contributed by atoms with E-state index in [1.165, 1.54) is 12.1 Å². The third-order valence-electron chi connectivity index (χ3n) is 2.64. The molecule has 18 heavy (non-hydrogen) atoms. The minimum Gasteiger partial charge on any atom is -0.423 e. The average Bonchev–Trinajstić information content (AvgIpc) is 2.76. The van der Waals surface area contributed by atoms with Crippen molar-refractivity contribution >= 4 is 22.8 Å². The molecule has 1 aromatic heterocycles. The van der Waals surface area contributed by atoms with E-state index in [2.05, 4.69) is 17.2 Å². The first-order chi connectivity index (χ1) is 8.70. The van der Waals surface area contributed by atoms with E-state index in [9.17, 15) is 10.1 Å². The van der Waals surface area contributed by atoms with Gasteiger partial charge < -0.3 is 9.73 Å². The average molecular weight is 249 g/mol. The van der Waals surface area contributed by atoms with Gasteiger partial charge >= 0.3 is 0 Å². The second-order valence-corrected chi connectivity index (χ2v) is 4.06. The van der Waals surface area contributed by atoms with Crippen molar-refractivity contribution in [2.45, 2.75) is 26.2 Å². The van der Waals surface area contributed by atoms with Crippen molar-refractivity contribution in [3.05, 3.63) is 28.3 Å². The molecule has 0 saturated carbocycles. The van der Waals surface area contributed by atoms with Crippen molar-refractivity contribution in [2.24, 2.45) is 0 Å². The number of hydrogen-bond donors (Lipinski definition) is 1. The monoisotopic (exact) mass is 249 g/mol. The Morgan fingerprint density at radius 2 is 2.28 bits per heavy atom. The molecular weight excluding hydrogens is 234 g/mol. The van der Waals surface area contributed by atoms with Crippen LogP contribution in [0.25, 0.3) is 11.1 Å². The SMILES string of the molecule is CCCCCNc1nc2ccc([N+](=O)[O-])cc2o1. The molecule has 0 aliphatic heterocycles. The van der Waals surface area contributed by atoms with E-state index in [1.807, 2.05) is 0 Å². The molecule has 2 rings (SSSR count). The molecule has 0 fully saturated rings. The smallest absolute Gasteiger partial charge is 0.295 e. The molecule has 0 spiro atoms. The van der Waals surface area contributed by atoms with Crippen molar-refractivity contribution in [2.75, 3.05) is 11.9 Å². The van der Waals surface area contributed by atoms with E-state index in [-0.39, 0.29) is 5.69 Å². The van der Waals surface area contributed by atoms with E-state index in [4.69, 9.17) is 4.42 Å². The maximum atomic E-state index is 10.6. The minimum atomic E-state index is -0.448. The van der Waals surface area contributed by atoms with Gasteiger partial charge in [-0.3, -0.25) is 10.1 Å². The molecule has 0 aliphatic carbocycles. The maximum Gasteiger partial charge on any atom is 0.295 e. The molecule has 0 radical (unpaired) electrons. The van der Waals surface area contributed by atoms with E-state index in [0.29, 0.717) is 17.1 Å². The van der Waals surface area contributed by atoms with Gasteiger partial charge in [-0.05, 0) is 12.5 Å². The molecule has 0 amide bonds. The Kier molecular flexibility index (Phi) is 3.76. The molecule has 1 aromatic carbocycles. The molecule has 0 bridgehead atoms. The largest absolute Gasteiger partial charge is 0.423 e. The van der Waals surface area contributed by atoms with Gasteiger partial charge in [-0.25, -0.2) is 0 Å². The van der Waals surface area contributed by atoms with Gasteiger partial charge in [0.1, 0.15) is 5.52 Å². The number of anilines is 1. The third-order valence-corrected chi connectivity index (χ3v) is 2.64. The van der Waals surface area contributed by atoms with Crippen LogP contribution >= 0.6 is 0 Å². The molecule has 6 nitrogen and oxygen atoms in total. The maximum absolute atomic E-state index is 10.6. The zero-order valence-corrected chi connectivity index (χ0v) is 10.2. The number of nitro benzene ring substituents is 1. The summed E-state index contributed by atoms with van der Waals surface area (Å²) in [5, 5.41) is 13.7. The molecule has 0 atom stereocenters. The Morgan fingerprint density at radius 3 is 3.00 bits per heavy atom. The Balaban J connectivity index is 2.09. The topological polar surface area (TPSA) is 81.2 Å². The Hall–Kier alpha value is -2.11. The van der Waals surface area contributed by atoms with Gasteiger partial charge in [0, 0.05) is 12.6 Å². The predicted molar refractivity (Wildman–Crippen MR) is 68.7 cm³/mol. The fourth-order valence-electron chi connectivity index (χ4n) is 1.67. The number of nitrogens with zero attached hydrogens (tertiary/aromatic N) is 2. The number of nitro groups is 1. The molecule has 0 saturated heterocycles. The van der Waals surface area contributed by atoms with Gasteiger partial charge in [0.2, 0.25) is 0 Å². The molecule has 1 heterocycles. The lowest BCUT2D eigenvalue weighted by Crippen LogP contribution is -2.00. The van der Waals surface area contributed by atoms with Crippen LogP contribution in [0.2, 0.25) is 0 Å². The van der Waals surface area contributed by atoms with Crippen molar-refractivity contribution in [3.8, 4) is 0 Å². The van der Waals surface area contributed by atoms with Crippen LogP contribution in [0, 0.1) is 10.1 Å².